The van der Waals surface area contributed by atoms with Crippen molar-refractivity contribution >= 4 is 15.9 Å². The topological polar surface area (TPSA) is 51.5 Å². The molecule has 0 atom stereocenters. The summed E-state index contributed by atoms with van der Waals surface area (Å²) in [5.74, 6) is 1.97. The molecule has 22 heavy (non-hydrogen) atoms. The molecule has 0 aliphatic carbocycles. The van der Waals surface area contributed by atoms with Gasteiger partial charge in [-0.05, 0) is 52.7 Å². The quantitative estimate of drug-likeness (QED) is 0.769. The zero-order chi connectivity index (χ0) is 15.9. The fourth-order valence-corrected chi connectivity index (χ4v) is 2.51. The van der Waals surface area contributed by atoms with Crippen LogP contribution in [0.1, 0.15) is 18.1 Å². The highest BCUT2D eigenvalue weighted by Crippen LogP contribution is 2.30. The first kappa shape index (κ1) is 16.2. The summed E-state index contributed by atoms with van der Waals surface area (Å²) in [6.07, 6.45) is 0. The van der Waals surface area contributed by atoms with Gasteiger partial charge >= 0.3 is 0 Å². The minimum absolute atomic E-state index is 0.397. The summed E-state index contributed by atoms with van der Waals surface area (Å²) in [5, 5.41) is 8.95. The minimum Gasteiger partial charge on any atom is -0.496 e. The number of rotatable bonds is 6. The maximum Gasteiger partial charge on any atom is 0.162 e. The largest absolute Gasteiger partial charge is 0.496 e. The van der Waals surface area contributed by atoms with Gasteiger partial charge in [0.1, 0.15) is 12.4 Å². The van der Waals surface area contributed by atoms with E-state index >= 15 is 0 Å². The number of hydrogen-bond donors (Lipinski definition) is 0. The Morgan fingerprint density at radius 2 is 1.82 bits per heavy atom. The zero-order valence-corrected chi connectivity index (χ0v) is 14.0. The van der Waals surface area contributed by atoms with Crippen molar-refractivity contribution < 1.29 is 14.2 Å². The molecule has 0 aromatic heterocycles. The molecule has 0 spiro atoms. The Balaban J connectivity index is 2.14. The summed E-state index contributed by atoms with van der Waals surface area (Å²) in [6.45, 7) is 2.80. The maximum absolute atomic E-state index is 8.95. The lowest BCUT2D eigenvalue weighted by Gasteiger charge is -2.13. The highest BCUT2D eigenvalue weighted by molar-refractivity contribution is 9.10. The predicted octanol–water partition coefficient (Wildman–Crippen LogP) is 4.31. The molecule has 0 saturated heterocycles. The van der Waals surface area contributed by atoms with Gasteiger partial charge in [-0.2, -0.15) is 5.26 Å². The van der Waals surface area contributed by atoms with Crippen LogP contribution >= 0.6 is 15.9 Å². The molecule has 0 radical (unpaired) electrons. The number of nitriles is 1. The lowest BCUT2D eigenvalue weighted by molar-refractivity contribution is 0.269. The number of ether oxygens (including phenoxy) is 3. The second-order valence-corrected chi connectivity index (χ2v) is 5.32. The van der Waals surface area contributed by atoms with E-state index in [1.807, 2.05) is 25.1 Å². The van der Waals surface area contributed by atoms with Crippen LogP contribution in [0, 0.1) is 11.3 Å². The third-order valence-corrected chi connectivity index (χ3v) is 3.60. The third kappa shape index (κ3) is 3.92. The van der Waals surface area contributed by atoms with Crippen LogP contribution in [0.25, 0.3) is 0 Å². The maximum atomic E-state index is 8.95. The molecule has 5 heteroatoms. The van der Waals surface area contributed by atoms with Crippen LogP contribution in [0.15, 0.2) is 40.9 Å². The molecule has 0 bridgehead atoms. The monoisotopic (exact) mass is 361 g/mol. The van der Waals surface area contributed by atoms with E-state index < -0.39 is 0 Å². The summed E-state index contributed by atoms with van der Waals surface area (Å²) in [5.41, 5.74) is 1.54. The number of nitrogens with zero attached hydrogens (tertiary/aromatic N) is 1. The van der Waals surface area contributed by atoms with Crippen molar-refractivity contribution in [3.63, 3.8) is 0 Å². The van der Waals surface area contributed by atoms with E-state index in [1.54, 1.807) is 25.3 Å². The number of methoxy groups -OCH3 is 1. The number of halogens is 1. The minimum atomic E-state index is 0.397. The Hall–Kier alpha value is -2.19. The molecular weight excluding hydrogens is 346 g/mol. The second kappa shape index (κ2) is 7.71. The third-order valence-electron chi connectivity index (χ3n) is 2.98. The first-order chi connectivity index (χ1) is 10.7. The summed E-state index contributed by atoms with van der Waals surface area (Å²) in [4.78, 5) is 0. The molecule has 0 heterocycles. The molecule has 2 aromatic rings. The van der Waals surface area contributed by atoms with Gasteiger partial charge in [-0.25, -0.2) is 0 Å². The molecule has 0 amide bonds. The molecule has 114 valence electrons. The van der Waals surface area contributed by atoms with Gasteiger partial charge in [-0.15, -0.1) is 0 Å². The second-order valence-electron chi connectivity index (χ2n) is 4.46. The zero-order valence-electron chi connectivity index (χ0n) is 12.4. The van der Waals surface area contributed by atoms with Crippen molar-refractivity contribution in [3.8, 4) is 23.3 Å². The van der Waals surface area contributed by atoms with Crippen molar-refractivity contribution in [2.45, 2.75) is 13.5 Å². The highest BCUT2D eigenvalue weighted by Gasteiger charge is 2.08. The van der Waals surface area contributed by atoms with Crippen molar-refractivity contribution in [1.82, 2.24) is 0 Å². The van der Waals surface area contributed by atoms with Crippen LogP contribution in [0.5, 0.6) is 17.2 Å². The van der Waals surface area contributed by atoms with Crippen molar-refractivity contribution in [1.29, 1.82) is 5.26 Å². The highest BCUT2D eigenvalue weighted by atomic mass is 79.9. The molecule has 2 rings (SSSR count). The first-order valence-corrected chi connectivity index (χ1v) is 7.59. The Bertz CT molecular complexity index is 695. The Labute approximate surface area is 138 Å². The van der Waals surface area contributed by atoms with E-state index in [-0.39, 0.29) is 0 Å². The summed E-state index contributed by atoms with van der Waals surface area (Å²) < 4.78 is 17.4. The van der Waals surface area contributed by atoms with Gasteiger partial charge in [0.15, 0.2) is 11.5 Å². The average molecular weight is 362 g/mol. The van der Waals surface area contributed by atoms with Crippen molar-refractivity contribution in [3.05, 3.63) is 52.0 Å². The smallest absolute Gasteiger partial charge is 0.162 e. The standard InChI is InChI=1S/C17H16BrNO3/c1-3-21-17-9-12(10-19)4-7-16(17)22-11-13-5-6-15(20-2)14(18)8-13/h4-9H,3,11H2,1-2H3. The lowest BCUT2D eigenvalue weighted by atomic mass is 10.2. The summed E-state index contributed by atoms with van der Waals surface area (Å²) in [7, 11) is 1.63. The number of benzene rings is 2. The van der Waals surface area contributed by atoms with Crippen LogP contribution < -0.4 is 14.2 Å². The van der Waals surface area contributed by atoms with Gasteiger partial charge < -0.3 is 14.2 Å². The van der Waals surface area contributed by atoms with Crippen LogP contribution in [0.2, 0.25) is 0 Å². The molecule has 2 aromatic carbocycles. The molecule has 0 aliphatic rings. The molecular formula is C17H16BrNO3. The van der Waals surface area contributed by atoms with Gasteiger partial charge in [-0.3, -0.25) is 0 Å². The molecule has 0 saturated carbocycles. The normalized spacial score (nSPS) is 9.91. The van der Waals surface area contributed by atoms with Crippen molar-refractivity contribution in [2.24, 2.45) is 0 Å². The van der Waals surface area contributed by atoms with E-state index in [9.17, 15) is 0 Å². The number of hydrogen-bond acceptors (Lipinski definition) is 4. The summed E-state index contributed by atoms with van der Waals surface area (Å²) in [6, 6.07) is 13.0. The fourth-order valence-electron chi connectivity index (χ4n) is 1.93. The molecule has 0 fully saturated rings. The molecule has 0 N–H and O–H groups in total. The van der Waals surface area contributed by atoms with Gasteiger partial charge in [0.05, 0.1) is 29.8 Å². The van der Waals surface area contributed by atoms with E-state index in [2.05, 4.69) is 22.0 Å². The average Bonchev–Trinajstić information content (AvgIpc) is 2.54. The van der Waals surface area contributed by atoms with E-state index in [4.69, 9.17) is 19.5 Å². The Morgan fingerprint density at radius 1 is 1.05 bits per heavy atom. The molecule has 0 unspecified atom stereocenters. The molecule has 0 aliphatic heterocycles. The van der Waals surface area contributed by atoms with Gasteiger partial charge in [0.2, 0.25) is 0 Å². The lowest BCUT2D eigenvalue weighted by Crippen LogP contribution is -2.00. The van der Waals surface area contributed by atoms with Crippen LogP contribution in [-0.4, -0.2) is 13.7 Å². The van der Waals surface area contributed by atoms with Crippen molar-refractivity contribution in [2.75, 3.05) is 13.7 Å². The van der Waals surface area contributed by atoms with E-state index in [0.717, 1.165) is 15.8 Å². The van der Waals surface area contributed by atoms with E-state index in [0.29, 0.717) is 30.3 Å². The van der Waals surface area contributed by atoms with Gasteiger partial charge in [0.25, 0.3) is 0 Å². The van der Waals surface area contributed by atoms with Crippen LogP contribution in [0.3, 0.4) is 0 Å². The predicted molar refractivity (Wildman–Crippen MR) is 87.4 cm³/mol. The van der Waals surface area contributed by atoms with Crippen LogP contribution in [0.4, 0.5) is 0 Å². The van der Waals surface area contributed by atoms with E-state index in [1.165, 1.54) is 0 Å². The Kier molecular flexibility index (Phi) is 5.68. The Morgan fingerprint density at radius 3 is 2.45 bits per heavy atom. The molecule has 4 nitrogen and oxygen atoms in total. The van der Waals surface area contributed by atoms with Gasteiger partial charge in [-0.1, -0.05) is 6.07 Å². The van der Waals surface area contributed by atoms with Crippen LogP contribution in [-0.2, 0) is 6.61 Å². The SMILES string of the molecule is CCOc1cc(C#N)ccc1OCc1ccc(OC)c(Br)c1. The first-order valence-electron chi connectivity index (χ1n) is 6.80. The fraction of sp³-hybridized carbons (Fsp3) is 0.235. The van der Waals surface area contributed by atoms with Gasteiger partial charge in [0, 0.05) is 6.07 Å². The summed E-state index contributed by atoms with van der Waals surface area (Å²) >= 11 is 3.45.